The van der Waals surface area contributed by atoms with Crippen LogP contribution in [-0.4, -0.2) is 50.9 Å². The van der Waals surface area contributed by atoms with Crippen molar-refractivity contribution < 1.29 is 13.2 Å². The van der Waals surface area contributed by atoms with Crippen LogP contribution < -0.4 is 10.6 Å². The Morgan fingerprint density at radius 3 is 2.37 bits per heavy atom. The Morgan fingerprint density at radius 1 is 1.00 bits per heavy atom. The zero-order valence-electron chi connectivity index (χ0n) is 17.7. The maximum Gasteiger partial charge on any atom is 0.251 e. The summed E-state index contributed by atoms with van der Waals surface area (Å²) >= 11 is 6.22. The number of hydrogen-bond acceptors (Lipinski definition) is 4. The van der Waals surface area contributed by atoms with Gasteiger partial charge in [0.1, 0.15) is 4.90 Å². The molecule has 1 amide bonds. The third-order valence-electron chi connectivity index (χ3n) is 6.05. The van der Waals surface area contributed by atoms with Crippen molar-refractivity contribution in [1.29, 1.82) is 0 Å². The summed E-state index contributed by atoms with van der Waals surface area (Å²) in [7, 11) is -3.70. The standard InChI is InChI=1S/C22H34ClN3O3S/c23-20-12-11-18(17-21(20)30(28,29)26-15-6-1-2-7-16-26)22(27)25-14-8-13-24-19-9-4-3-5-10-19/h11-12,17,19,24H,1-10,13-16H2,(H,25,27). The molecule has 0 aromatic heterocycles. The number of nitrogens with one attached hydrogen (secondary N) is 2. The fourth-order valence-corrected chi connectivity index (χ4v) is 6.29. The lowest BCUT2D eigenvalue weighted by molar-refractivity contribution is 0.0953. The summed E-state index contributed by atoms with van der Waals surface area (Å²) in [4.78, 5) is 12.6. The first kappa shape index (κ1) is 23.5. The summed E-state index contributed by atoms with van der Waals surface area (Å²) in [5.41, 5.74) is 0.327. The molecule has 1 aliphatic heterocycles. The van der Waals surface area contributed by atoms with Gasteiger partial charge in [0.05, 0.1) is 5.02 Å². The first-order valence-electron chi connectivity index (χ1n) is 11.3. The van der Waals surface area contributed by atoms with E-state index in [2.05, 4.69) is 10.6 Å². The van der Waals surface area contributed by atoms with Gasteiger partial charge in [0.25, 0.3) is 5.91 Å². The van der Waals surface area contributed by atoms with E-state index >= 15 is 0 Å². The lowest BCUT2D eigenvalue weighted by atomic mass is 9.95. The summed E-state index contributed by atoms with van der Waals surface area (Å²) in [6.07, 6.45) is 11.0. The summed E-state index contributed by atoms with van der Waals surface area (Å²) in [6, 6.07) is 5.11. The molecule has 2 fully saturated rings. The van der Waals surface area contributed by atoms with E-state index in [0.717, 1.165) is 38.6 Å². The molecule has 1 saturated carbocycles. The van der Waals surface area contributed by atoms with Crippen molar-refractivity contribution >= 4 is 27.5 Å². The molecule has 2 N–H and O–H groups in total. The molecule has 1 heterocycles. The van der Waals surface area contributed by atoms with E-state index in [-0.39, 0.29) is 15.8 Å². The van der Waals surface area contributed by atoms with E-state index in [1.54, 1.807) is 6.07 Å². The minimum Gasteiger partial charge on any atom is -0.352 e. The van der Waals surface area contributed by atoms with Crippen LogP contribution in [0.4, 0.5) is 0 Å². The van der Waals surface area contributed by atoms with Crippen molar-refractivity contribution in [2.75, 3.05) is 26.2 Å². The normalized spacial score (nSPS) is 19.4. The van der Waals surface area contributed by atoms with Gasteiger partial charge < -0.3 is 10.6 Å². The molecule has 1 aromatic carbocycles. The quantitative estimate of drug-likeness (QED) is 0.582. The third-order valence-corrected chi connectivity index (χ3v) is 8.43. The van der Waals surface area contributed by atoms with E-state index in [4.69, 9.17) is 11.6 Å². The lowest BCUT2D eigenvalue weighted by Crippen LogP contribution is -2.34. The Kier molecular flexibility index (Phi) is 8.98. The zero-order valence-corrected chi connectivity index (χ0v) is 19.2. The summed E-state index contributed by atoms with van der Waals surface area (Å²) in [5, 5.41) is 6.61. The molecule has 168 valence electrons. The second-order valence-corrected chi connectivity index (χ2v) is 10.7. The van der Waals surface area contributed by atoms with E-state index < -0.39 is 10.0 Å². The average Bonchev–Trinajstić information content (AvgIpc) is 3.04. The maximum atomic E-state index is 13.1. The molecule has 0 radical (unpaired) electrons. The van der Waals surface area contributed by atoms with Crippen molar-refractivity contribution in [3.05, 3.63) is 28.8 Å². The van der Waals surface area contributed by atoms with Crippen LogP contribution in [0, 0.1) is 0 Å². The van der Waals surface area contributed by atoms with E-state index in [1.165, 1.54) is 48.5 Å². The number of rotatable bonds is 8. The third kappa shape index (κ3) is 6.42. The Bertz CT molecular complexity index is 802. The molecule has 1 aromatic rings. The van der Waals surface area contributed by atoms with Crippen LogP contribution in [0.25, 0.3) is 0 Å². The minimum atomic E-state index is -3.70. The molecular weight excluding hydrogens is 422 g/mol. The first-order chi connectivity index (χ1) is 14.5. The first-order valence-corrected chi connectivity index (χ1v) is 13.1. The van der Waals surface area contributed by atoms with Gasteiger partial charge in [-0.05, 0) is 56.8 Å². The number of carbonyl (C=O) groups is 1. The van der Waals surface area contributed by atoms with Gasteiger partial charge in [-0.1, -0.05) is 43.7 Å². The number of hydrogen-bond donors (Lipinski definition) is 2. The number of amides is 1. The highest BCUT2D eigenvalue weighted by Gasteiger charge is 2.28. The van der Waals surface area contributed by atoms with Gasteiger partial charge in [0.2, 0.25) is 10.0 Å². The van der Waals surface area contributed by atoms with Crippen LogP contribution in [0.1, 0.15) is 74.6 Å². The van der Waals surface area contributed by atoms with E-state index in [9.17, 15) is 13.2 Å². The molecule has 1 saturated heterocycles. The van der Waals surface area contributed by atoms with E-state index in [1.807, 2.05) is 0 Å². The number of nitrogens with zero attached hydrogens (tertiary/aromatic N) is 1. The van der Waals surface area contributed by atoms with Crippen molar-refractivity contribution in [2.45, 2.75) is 75.1 Å². The van der Waals surface area contributed by atoms with Crippen molar-refractivity contribution in [3.63, 3.8) is 0 Å². The lowest BCUT2D eigenvalue weighted by Gasteiger charge is -2.22. The summed E-state index contributed by atoms with van der Waals surface area (Å²) < 4.78 is 27.7. The van der Waals surface area contributed by atoms with Gasteiger partial charge in [-0.15, -0.1) is 0 Å². The van der Waals surface area contributed by atoms with Crippen LogP contribution in [-0.2, 0) is 10.0 Å². The smallest absolute Gasteiger partial charge is 0.251 e. The van der Waals surface area contributed by atoms with Gasteiger partial charge in [-0.2, -0.15) is 4.31 Å². The highest BCUT2D eigenvalue weighted by Crippen LogP contribution is 2.27. The Labute approximate surface area is 185 Å². The molecule has 3 rings (SSSR count). The Morgan fingerprint density at radius 2 is 1.67 bits per heavy atom. The number of carbonyl (C=O) groups excluding carboxylic acids is 1. The molecular formula is C22H34ClN3O3S. The summed E-state index contributed by atoms with van der Waals surface area (Å²) in [5.74, 6) is -0.267. The molecule has 30 heavy (non-hydrogen) atoms. The van der Waals surface area contributed by atoms with Gasteiger partial charge in [-0.25, -0.2) is 8.42 Å². The molecule has 1 aliphatic carbocycles. The van der Waals surface area contributed by atoms with Gasteiger partial charge in [0.15, 0.2) is 0 Å². The van der Waals surface area contributed by atoms with Crippen LogP contribution in [0.2, 0.25) is 5.02 Å². The van der Waals surface area contributed by atoms with Crippen molar-refractivity contribution in [1.82, 2.24) is 14.9 Å². The van der Waals surface area contributed by atoms with Gasteiger partial charge in [-0.3, -0.25) is 4.79 Å². The molecule has 0 unspecified atom stereocenters. The Balaban J connectivity index is 1.55. The summed E-state index contributed by atoms with van der Waals surface area (Å²) in [6.45, 7) is 2.43. The average molecular weight is 456 g/mol. The van der Waals surface area contributed by atoms with Crippen LogP contribution >= 0.6 is 11.6 Å². The van der Waals surface area contributed by atoms with Gasteiger partial charge in [0, 0.05) is 31.2 Å². The van der Waals surface area contributed by atoms with Gasteiger partial charge >= 0.3 is 0 Å². The second kappa shape index (κ2) is 11.5. The van der Waals surface area contributed by atoms with E-state index in [0.29, 0.717) is 31.2 Å². The predicted molar refractivity (Wildman–Crippen MR) is 121 cm³/mol. The monoisotopic (exact) mass is 455 g/mol. The predicted octanol–water partition coefficient (Wildman–Crippen LogP) is 3.95. The topological polar surface area (TPSA) is 78.5 Å². The number of sulfonamides is 1. The maximum absolute atomic E-state index is 13.1. The molecule has 8 heteroatoms. The zero-order chi connectivity index (χ0) is 21.4. The fraction of sp³-hybridized carbons (Fsp3) is 0.682. The SMILES string of the molecule is O=C(NCCCNC1CCCCC1)c1ccc(Cl)c(S(=O)(=O)N2CCCCCC2)c1. The minimum absolute atomic E-state index is 0.0256. The number of benzene rings is 1. The number of halogens is 1. The van der Waals surface area contributed by atoms with Crippen molar-refractivity contribution in [2.24, 2.45) is 0 Å². The molecule has 6 nitrogen and oxygen atoms in total. The van der Waals surface area contributed by atoms with Crippen molar-refractivity contribution in [3.8, 4) is 0 Å². The fourth-order valence-electron chi connectivity index (χ4n) is 4.27. The highest BCUT2D eigenvalue weighted by molar-refractivity contribution is 7.89. The largest absolute Gasteiger partial charge is 0.352 e. The molecule has 0 spiro atoms. The molecule has 0 bridgehead atoms. The molecule has 0 atom stereocenters. The van der Waals surface area contributed by atoms with Crippen LogP contribution in [0.15, 0.2) is 23.1 Å². The second-order valence-electron chi connectivity index (χ2n) is 8.36. The van der Waals surface area contributed by atoms with Crippen LogP contribution in [0.3, 0.4) is 0 Å². The molecule has 2 aliphatic rings. The highest BCUT2D eigenvalue weighted by atomic mass is 35.5. The van der Waals surface area contributed by atoms with Crippen LogP contribution in [0.5, 0.6) is 0 Å². The Hall–Kier alpha value is -1.15.